The first-order valence-electron chi connectivity index (χ1n) is 5.68. The van der Waals surface area contributed by atoms with Crippen LogP contribution in [-0.4, -0.2) is 31.2 Å². The van der Waals surface area contributed by atoms with Crippen molar-refractivity contribution < 1.29 is 23.0 Å². The molecule has 0 bridgehead atoms. The van der Waals surface area contributed by atoms with Crippen molar-refractivity contribution in [2.75, 3.05) is 0 Å². The quantitative estimate of drug-likeness (QED) is 0.786. The fraction of sp³-hybridized carbons (Fsp3) is 0.0833. The number of hydrogen-bond donors (Lipinski definition) is 1. The second-order valence-electron chi connectivity index (χ2n) is 4.04. The van der Waals surface area contributed by atoms with E-state index < -0.39 is 6.36 Å². The summed E-state index contributed by atoms with van der Waals surface area (Å²) in [5, 5.41) is 13.8. The zero-order valence-corrected chi connectivity index (χ0v) is 10.2. The molecule has 9 heteroatoms. The van der Waals surface area contributed by atoms with Crippen LogP contribution in [0.15, 0.2) is 36.8 Å². The van der Waals surface area contributed by atoms with Gasteiger partial charge in [0, 0.05) is 6.07 Å². The summed E-state index contributed by atoms with van der Waals surface area (Å²) in [6, 6.07) is 5.27. The predicted octanol–water partition coefficient (Wildman–Crippen LogP) is 2.42. The van der Waals surface area contributed by atoms with Gasteiger partial charge in [-0.3, -0.25) is 0 Å². The normalized spacial score (nSPS) is 11.8. The highest BCUT2D eigenvalue weighted by molar-refractivity contribution is 5.80. The molecule has 2 aromatic heterocycles. The van der Waals surface area contributed by atoms with Gasteiger partial charge in [0.15, 0.2) is 5.65 Å². The molecule has 0 aliphatic heterocycles. The molecule has 0 fully saturated rings. The van der Waals surface area contributed by atoms with Gasteiger partial charge in [-0.15, -0.1) is 13.2 Å². The molecule has 108 valence electrons. The van der Waals surface area contributed by atoms with E-state index >= 15 is 0 Å². The zero-order chi connectivity index (χ0) is 15.0. The number of aromatic nitrogens is 4. The zero-order valence-electron chi connectivity index (χ0n) is 10.2. The van der Waals surface area contributed by atoms with Gasteiger partial charge in [-0.05, 0) is 12.1 Å². The second-order valence-corrected chi connectivity index (χ2v) is 4.04. The molecule has 0 aliphatic carbocycles. The van der Waals surface area contributed by atoms with E-state index in [1.807, 2.05) is 0 Å². The van der Waals surface area contributed by atoms with Crippen molar-refractivity contribution in [2.45, 2.75) is 6.36 Å². The molecule has 0 unspecified atom stereocenters. The molecule has 0 amide bonds. The molecular formula is C12H7F3N4O2. The topological polar surface area (TPSA) is 73.1 Å². The Balaban J connectivity index is 2.07. The molecule has 0 aliphatic rings. The smallest absolute Gasteiger partial charge is 0.493 e. The van der Waals surface area contributed by atoms with Crippen molar-refractivity contribution in [1.82, 2.24) is 19.7 Å². The van der Waals surface area contributed by atoms with Gasteiger partial charge >= 0.3 is 6.36 Å². The highest BCUT2D eigenvalue weighted by atomic mass is 19.4. The molecule has 2 heterocycles. The molecule has 21 heavy (non-hydrogen) atoms. The number of nitrogens with zero attached hydrogens (tertiary/aromatic N) is 4. The van der Waals surface area contributed by atoms with Gasteiger partial charge in [-0.2, -0.15) is 5.10 Å². The fourth-order valence-electron chi connectivity index (χ4n) is 1.83. The van der Waals surface area contributed by atoms with Crippen LogP contribution in [0.1, 0.15) is 0 Å². The van der Waals surface area contributed by atoms with Crippen LogP contribution in [0, 0.1) is 0 Å². The summed E-state index contributed by atoms with van der Waals surface area (Å²) in [6.07, 6.45) is -2.32. The van der Waals surface area contributed by atoms with Crippen molar-refractivity contribution >= 4 is 11.0 Å². The summed E-state index contributed by atoms with van der Waals surface area (Å²) in [6.45, 7) is 0. The molecule has 1 N–H and O–H groups in total. The maximum absolute atomic E-state index is 12.2. The number of fused-ring (bicyclic) bond motifs is 1. The lowest BCUT2D eigenvalue weighted by atomic mass is 10.3. The van der Waals surface area contributed by atoms with E-state index in [1.54, 1.807) is 0 Å². The third kappa shape index (κ3) is 2.57. The van der Waals surface area contributed by atoms with Crippen molar-refractivity contribution in [3.05, 3.63) is 36.8 Å². The number of rotatable bonds is 2. The van der Waals surface area contributed by atoms with Crippen LogP contribution in [0.2, 0.25) is 0 Å². The maximum atomic E-state index is 12.2. The predicted molar refractivity (Wildman–Crippen MR) is 65.0 cm³/mol. The third-order valence-corrected chi connectivity index (χ3v) is 2.64. The average Bonchev–Trinajstić information content (AvgIpc) is 2.82. The molecule has 0 saturated heterocycles. The number of ether oxygens (including phenoxy) is 1. The van der Waals surface area contributed by atoms with E-state index in [0.717, 1.165) is 6.33 Å². The van der Waals surface area contributed by atoms with E-state index in [9.17, 15) is 18.3 Å². The lowest BCUT2D eigenvalue weighted by Gasteiger charge is -2.10. The van der Waals surface area contributed by atoms with Gasteiger partial charge in [-0.25, -0.2) is 14.6 Å². The summed E-state index contributed by atoms with van der Waals surface area (Å²) in [5.41, 5.74) is 0.580. The van der Waals surface area contributed by atoms with Crippen LogP contribution < -0.4 is 4.74 Å². The Kier molecular flexibility index (Phi) is 2.89. The molecule has 3 aromatic rings. The van der Waals surface area contributed by atoms with Gasteiger partial charge in [0.25, 0.3) is 0 Å². The van der Waals surface area contributed by atoms with Gasteiger partial charge in [0.2, 0.25) is 5.88 Å². The lowest BCUT2D eigenvalue weighted by Crippen LogP contribution is -2.17. The number of hydrogen-bond acceptors (Lipinski definition) is 5. The number of benzene rings is 1. The summed E-state index contributed by atoms with van der Waals surface area (Å²) >= 11 is 0. The maximum Gasteiger partial charge on any atom is 0.573 e. The van der Waals surface area contributed by atoms with E-state index in [4.69, 9.17) is 0 Å². The number of alkyl halides is 3. The highest BCUT2D eigenvalue weighted by Crippen LogP contribution is 2.26. The van der Waals surface area contributed by atoms with Crippen molar-refractivity contribution in [2.24, 2.45) is 0 Å². The summed E-state index contributed by atoms with van der Waals surface area (Å²) in [5.74, 6) is -0.629. The lowest BCUT2D eigenvalue weighted by molar-refractivity contribution is -0.274. The average molecular weight is 296 g/mol. The summed E-state index contributed by atoms with van der Waals surface area (Å²) in [7, 11) is 0. The highest BCUT2D eigenvalue weighted by Gasteiger charge is 2.31. The van der Waals surface area contributed by atoms with Crippen LogP contribution >= 0.6 is 0 Å². The van der Waals surface area contributed by atoms with Gasteiger partial charge in [0.05, 0.1) is 11.9 Å². The number of halogens is 3. The first-order valence-corrected chi connectivity index (χ1v) is 5.68. The van der Waals surface area contributed by atoms with Crippen molar-refractivity contribution in [1.29, 1.82) is 0 Å². The van der Waals surface area contributed by atoms with E-state index in [0.29, 0.717) is 11.1 Å². The SMILES string of the molecule is Oc1ncnc2c1cnn2-c1cccc(OC(F)(F)F)c1. The molecular weight excluding hydrogens is 289 g/mol. The largest absolute Gasteiger partial charge is 0.573 e. The van der Waals surface area contributed by atoms with Gasteiger partial charge < -0.3 is 9.84 Å². The van der Waals surface area contributed by atoms with Crippen molar-refractivity contribution in [3.8, 4) is 17.3 Å². The van der Waals surface area contributed by atoms with E-state index in [-0.39, 0.29) is 17.3 Å². The molecule has 1 aromatic carbocycles. The molecule has 0 radical (unpaired) electrons. The first kappa shape index (κ1) is 13.2. The number of aromatic hydroxyl groups is 1. The van der Waals surface area contributed by atoms with Gasteiger partial charge in [0.1, 0.15) is 17.5 Å². The van der Waals surface area contributed by atoms with E-state index in [2.05, 4.69) is 19.8 Å². The molecule has 0 atom stereocenters. The Hall–Kier alpha value is -2.84. The monoisotopic (exact) mass is 296 g/mol. The Labute approximate surface area is 115 Å². The Bertz CT molecular complexity index is 801. The standard InChI is InChI=1S/C12H7F3N4O2/c13-12(14,15)21-8-3-1-2-7(4-8)19-10-9(5-18-19)11(20)17-6-16-10/h1-6H,(H,16,17,20). The third-order valence-electron chi connectivity index (χ3n) is 2.64. The van der Waals surface area contributed by atoms with Crippen LogP contribution in [0.5, 0.6) is 11.6 Å². The van der Waals surface area contributed by atoms with Crippen LogP contribution in [-0.2, 0) is 0 Å². The Morgan fingerprint density at radius 2 is 2.00 bits per heavy atom. The van der Waals surface area contributed by atoms with Crippen LogP contribution in [0.4, 0.5) is 13.2 Å². The Morgan fingerprint density at radius 3 is 2.76 bits per heavy atom. The molecule has 0 saturated carbocycles. The minimum absolute atomic E-state index is 0.256. The summed E-state index contributed by atoms with van der Waals surface area (Å²) < 4.78 is 41.8. The Morgan fingerprint density at radius 1 is 1.19 bits per heavy atom. The first-order chi connectivity index (χ1) is 9.94. The van der Waals surface area contributed by atoms with Gasteiger partial charge in [-0.1, -0.05) is 6.07 Å². The molecule has 6 nitrogen and oxygen atoms in total. The second kappa shape index (κ2) is 4.62. The van der Waals surface area contributed by atoms with Crippen molar-refractivity contribution in [3.63, 3.8) is 0 Å². The van der Waals surface area contributed by atoms with Crippen LogP contribution in [0.25, 0.3) is 16.7 Å². The minimum Gasteiger partial charge on any atom is -0.493 e. The minimum atomic E-state index is -4.77. The van der Waals surface area contributed by atoms with Crippen LogP contribution in [0.3, 0.4) is 0 Å². The molecule has 0 spiro atoms. The molecule has 3 rings (SSSR count). The van der Waals surface area contributed by atoms with E-state index in [1.165, 1.54) is 35.1 Å². The fourth-order valence-corrected chi connectivity index (χ4v) is 1.83. The summed E-state index contributed by atoms with van der Waals surface area (Å²) in [4.78, 5) is 7.55.